The number of carbonyl (C=O) groups excluding carboxylic acids is 1. The lowest BCUT2D eigenvalue weighted by molar-refractivity contribution is -0.134. The highest BCUT2D eigenvalue weighted by Gasteiger charge is 2.61. The molecule has 4 rings (SSSR count). The van der Waals surface area contributed by atoms with E-state index in [2.05, 4.69) is 74.1 Å². The fourth-order valence-electron chi connectivity index (χ4n) is 4.86. The van der Waals surface area contributed by atoms with E-state index in [0.29, 0.717) is 17.7 Å². The van der Waals surface area contributed by atoms with Crippen molar-refractivity contribution in [3.63, 3.8) is 0 Å². The number of amides is 1. The van der Waals surface area contributed by atoms with Crippen LogP contribution in [0.1, 0.15) is 52.0 Å². The maximum Gasteiger partial charge on any atom is 0.226 e. The summed E-state index contributed by atoms with van der Waals surface area (Å²) in [5, 5.41) is 1.34. The lowest BCUT2D eigenvalue weighted by Crippen LogP contribution is -2.39. The molecule has 2 aliphatic rings. The van der Waals surface area contributed by atoms with Crippen molar-refractivity contribution >= 4 is 16.8 Å². The Bertz CT molecular complexity index is 848. The van der Waals surface area contributed by atoms with E-state index in [-0.39, 0.29) is 11.3 Å². The van der Waals surface area contributed by atoms with Crippen molar-refractivity contribution in [3.05, 3.63) is 47.7 Å². The maximum absolute atomic E-state index is 13.1. The first-order valence-electron chi connectivity index (χ1n) is 9.89. The Kier molecular flexibility index (Phi) is 4.21. The van der Waals surface area contributed by atoms with Crippen LogP contribution in [0.25, 0.3) is 10.9 Å². The molecular weight excluding hydrogens is 320 g/mol. The van der Waals surface area contributed by atoms with Crippen LogP contribution in [0.3, 0.4) is 0 Å². The average Bonchev–Trinajstić information content (AvgIpc) is 2.95. The van der Waals surface area contributed by atoms with Gasteiger partial charge in [0.15, 0.2) is 0 Å². The molecule has 138 valence electrons. The van der Waals surface area contributed by atoms with E-state index in [1.54, 1.807) is 0 Å². The van der Waals surface area contributed by atoms with Gasteiger partial charge in [-0.2, -0.15) is 0 Å². The van der Waals surface area contributed by atoms with Gasteiger partial charge in [0.1, 0.15) is 0 Å². The predicted molar refractivity (Wildman–Crippen MR) is 107 cm³/mol. The summed E-state index contributed by atoms with van der Waals surface area (Å²) in [7, 11) is 0. The number of H-pyrrole nitrogens is 1. The molecule has 1 amide bonds. The Morgan fingerprint density at radius 2 is 1.88 bits per heavy atom. The highest BCUT2D eigenvalue weighted by molar-refractivity contribution is 5.85. The van der Waals surface area contributed by atoms with E-state index in [4.69, 9.17) is 0 Å². The summed E-state index contributed by atoms with van der Waals surface area (Å²) in [5.41, 5.74) is 4.06. The first-order valence-corrected chi connectivity index (χ1v) is 9.89. The molecule has 3 heteroatoms. The second-order valence-electron chi connectivity index (χ2n) is 8.96. The van der Waals surface area contributed by atoms with E-state index in [9.17, 15) is 4.79 Å². The molecule has 2 atom stereocenters. The van der Waals surface area contributed by atoms with Gasteiger partial charge in [-0.25, -0.2) is 0 Å². The molecule has 2 aromatic rings. The topological polar surface area (TPSA) is 36.1 Å². The summed E-state index contributed by atoms with van der Waals surface area (Å²) in [6.07, 6.45) is 6.59. The SMILES string of the molecule is CC(C)=CC1C(C(=O)N2CCC(c3c[nH]c4ccccc34)CC2)C1(C)C. The number of nitrogens with one attached hydrogen (secondary N) is 1. The molecule has 1 saturated carbocycles. The first kappa shape index (κ1) is 17.4. The lowest BCUT2D eigenvalue weighted by Gasteiger charge is -2.32. The van der Waals surface area contributed by atoms with E-state index in [1.807, 2.05) is 0 Å². The number of benzene rings is 1. The third kappa shape index (κ3) is 2.87. The number of piperidine rings is 1. The molecule has 0 bridgehead atoms. The number of rotatable bonds is 3. The van der Waals surface area contributed by atoms with Crippen LogP contribution >= 0.6 is 0 Å². The van der Waals surface area contributed by atoms with Crippen molar-refractivity contribution in [1.29, 1.82) is 0 Å². The van der Waals surface area contributed by atoms with Gasteiger partial charge in [-0.1, -0.05) is 43.7 Å². The summed E-state index contributed by atoms with van der Waals surface area (Å²) in [6, 6.07) is 8.52. The zero-order valence-corrected chi connectivity index (χ0v) is 16.4. The van der Waals surface area contributed by atoms with Crippen LogP contribution in [-0.2, 0) is 4.79 Å². The van der Waals surface area contributed by atoms with Crippen LogP contribution < -0.4 is 0 Å². The first-order chi connectivity index (χ1) is 12.4. The molecule has 1 aromatic heterocycles. The Balaban J connectivity index is 1.43. The summed E-state index contributed by atoms with van der Waals surface area (Å²) in [5.74, 6) is 1.50. The van der Waals surface area contributed by atoms with Crippen LogP contribution in [0.4, 0.5) is 0 Å². The quantitative estimate of drug-likeness (QED) is 0.767. The second kappa shape index (κ2) is 6.29. The van der Waals surface area contributed by atoms with Gasteiger partial charge in [0.2, 0.25) is 5.91 Å². The van der Waals surface area contributed by atoms with Gasteiger partial charge in [0, 0.05) is 30.2 Å². The molecule has 1 aliphatic carbocycles. The number of aromatic nitrogens is 1. The molecule has 0 spiro atoms. The molecule has 1 N–H and O–H groups in total. The number of fused-ring (bicyclic) bond motifs is 1. The van der Waals surface area contributed by atoms with E-state index < -0.39 is 0 Å². The molecular formula is C23H30N2O. The summed E-state index contributed by atoms with van der Waals surface area (Å²) in [6.45, 7) is 10.5. The fourth-order valence-corrected chi connectivity index (χ4v) is 4.86. The fraction of sp³-hybridized carbons (Fsp3) is 0.522. The van der Waals surface area contributed by atoms with Crippen molar-refractivity contribution < 1.29 is 4.79 Å². The van der Waals surface area contributed by atoms with E-state index in [0.717, 1.165) is 25.9 Å². The largest absolute Gasteiger partial charge is 0.361 e. The van der Waals surface area contributed by atoms with Gasteiger partial charge in [-0.15, -0.1) is 0 Å². The lowest BCUT2D eigenvalue weighted by atomic mass is 9.89. The smallest absolute Gasteiger partial charge is 0.226 e. The highest BCUT2D eigenvalue weighted by atomic mass is 16.2. The molecule has 2 fully saturated rings. The van der Waals surface area contributed by atoms with Gasteiger partial charge < -0.3 is 9.88 Å². The monoisotopic (exact) mass is 350 g/mol. The van der Waals surface area contributed by atoms with Crippen molar-refractivity contribution in [3.8, 4) is 0 Å². The Hall–Kier alpha value is -2.03. The standard InChI is InChI=1S/C23H30N2O/c1-15(2)13-19-21(23(19,3)4)22(26)25-11-9-16(10-12-25)18-14-24-20-8-6-5-7-17(18)20/h5-8,13-14,16,19,21,24H,9-12H2,1-4H3. The number of carbonyl (C=O) groups is 1. The number of hydrogen-bond acceptors (Lipinski definition) is 1. The van der Waals surface area contributed by atoms with Crippen LogP contribution in [0.5, 0.6) is 0 Å². The number of hydrogen-bond donors (Lipinski definition) is 1. The number of nitrogens with zero attached hydrogens (tertiary/aromatic N) is 1. The third-order valence-corrected chi connectivity index (χ3v) is 6.56. The van der Waals surface area contributed by atoms with Gasteiger partial charge in [0.05, 0.1) is 5.92 Å². The zero-order valence-electron chi connectivity index (χ0n) is 16.4. The summed E-state index contributed by atoms with van der Waals surface area (Å²) in [4.78, 5) is 18.6. The van der Waals surface area contributed by atoms with Crippen molar-refractivity contribution in [2.45, 2.75) is 46.5 Å². The molecule has 1 saturated heterocycles. The number of likely N-dealkylation sites (tertiary alicyclic amines) is 1. The average molecular weight is 351 g/mol. The van der Waals surface area contributed by atoms with Crippen LogP contribution in [-0.4, -0.2) is 28.9 Å². The minimum atomic E-state index is 0.113. The minimum Gasteiger partial charge on any atom is -0.361 e. The van der Waals surface area contributed by atoms with Gasteiger partial charge in [-0.3, -0.25) is 4.79 Å². The third-order valence-electron chi connectivity index (χ3n) is 6.56. The van der Waals surface area contributed by atoms with Gasteiger partial charge in [0.25, 0.3) is 0 Å². The molecule has 1 aliphatic heterocycles. The Labute approximate surface area is 156 Å². The molecule has 3 nitrogen and oxygen atoms in total. The zero-order chi connectivity index (χ0) is 18.5. The van der Waals surface area contributed by atoms with Crippen molar-refractivity contribution in [2.24, 2.45) is 17.3 Å². The van der Waals surface area contributed by atoms with E-state index >= 15 is 0 Å². The van der Waals surface area contributed by atoms with Crippen molar-refractivity contribution in [2.75, 3.05) is 13.1 Å². The van der Waals surface area contributed by atoms with Gasteiger partial charge in [-0.05, 0) is 55.6 Å². The Morgan fingerprint density at radius 1 is 1.19 bits per heavy atom. The van der Waals surface area contributed by atoms with Crippen LogP contribution in [0, 0.1) is 17.3 Å². The van der Waals surface area contributed by atoms with Crippen molar-refractivity contribution in [1.82, 2.24) is 9.88 Å². The molecule has 0 radical (unpaired) electrons. The highest BCUT2D eigenvalue weighted by Crippen LogP contribution is 2.60. The van der Waals surface area contributed by atoms with Crippen LogP contribution in [0.15, 0.2) is 42.1 Å². The minimum absolute atomic E-state index is 0.113. The number of aromatic amines is 1. The maximum atomic E-state index is 13.1. The number of para-hydroxylation sites is 1. The van der Waals surface area contributed by atoms with Crippen LogP contribution in [0.2, 0.25) is 0 Å². The number of allylic oxidation sites excluding steroid dienone is 2. The Morgan fingerprint density at radius 3 is 2.58 bits per heavy atom. The summed E-state index contributed by atoms with van der Waals surface area (Å²) >= 11 is 0. The van der Waals surface area contributed by atoms with Gasteiger partial charge >= 0.3 is 0 Å². The molecule has 2 unspecified atom stereocenters. The summed E-state index contributed by atoms with van der Waals surface area (Å²) < 4.78 is 0. The molecule has 26 heavy (non-hydrogen) atoms. The second-order valence-corrected chi connectivity index (χ2v) is 8.96. The molecule has 2 heterocycles. The normalized spacial score (nSPS) is 25.3. The predicted octanol–water partition coefficient (Wildman–Crippen LogP) is 5.11. The van der Waals surface area contributed by atoms with E-state index in [1.165, 1.54) is 22.0 Å². The molecule has 1 aromatic carbocycles.